The number of hydrogen-bond acceptors (Lipinski definition) is 3. The summed E-state index contributed by atoms with van der Waals surface area (Å²) in [5.41, 5.74) is 1.61. The molecule has 1 atom stereocenters. The van der Waals surface area contributed by atoms with E-state index in [0.29, 0.717) is 0 Å². The zero-order chi connectivity index (χ0) is 14.6. The van der Waals surface area contributed by atoms with Crippen LogP contribution in [0.15, 0.2) is 18.2 Å². The van der Waals surface area contributed by atoms with E-state index < -0.39 is 5.60 Å². The molecule has 1 aromatic rings. The Bertz CT molecular complexity index is 441. The predicted octanol–water partition coefficient (Wildman–Crippen LogP) is 2.95. The van der Waals surface area contributed by atoms with Crippen molar-refractivity contribution >= 4 is 0 Å². The first-order chi connectivity index (χ1) is 9.62. The van der Waals surface area contributed by atoms with Crippen LogP contribution in [0.25, 0.3) is 0 Å². The monoisotopic (exact) mass is 277 g/mol. The molecule has 0 saturated carbocycles. The van der Waals surface area contributed by atoms with Crippen molar-refractivity contribution < 1.29 is 9.84 Å². The Kier molecular flexibility index (Phi) is 5.06. The highest BCUT2D eigenvalue weighted by molar-refractivity contribution is 5.43. The van der Waals surface area contributed by atoms with Gasteiger partial charge in [-0.25, -0.2) is 0 Å². The number of ether oxygens (including phenoxy) is 1. The fourth-order valence-corrected chi connectivity index (χ4v) is 3.25. The Morgan fingerprint density at radius 3 is 2.55 bits per heavy atom. The minimum absolute atomic E-state index is 0.714. The predicted molar refractivity (Wildman–Crippen MR) is 82.2 cm³/mol. The third-order valence-corrected chi connectivity index (χ3v) is 4.19. The first-order valence-electron chi connectivity index (χ1n) is 7.75. The fraction of sp³-hybridized carbons (Fsp3) is 0.647. The number of benzene rings is 1. The molecule has 1 aliphatic rings. The smallest absolute Gasteiger partial charge is 0.119 e. The van der Waals surface area contributed by atoms with E-state index in [2.05, 4.69) is 24.8 Å². The first kappa shape index (κ1) is 15.3. The summed E-state index contributed by atoms with van der Waals surface area (Å²) in [7, 11) is 1.68. The maximum atomic E-state index is 11.1. The topological polar surface area (TPSA) is 32.7 Å². The lowest BCUT2D eigenvalue weighted by molar-refractivity contribution is 0.000386. The molecular weight excluding hydrogens is 250 g/mol. The van der Waals surface area contributed by atoms with E-state index >= 15 is 0 Å². The van der Waals surface area contributed by atoms with Crippen LogP contribution in [0.1, 0.15) is 44.2 Å². The van der Waals surface area contributed by atoms with Gasteiger partial charge >= 0.3 is 0 Å². The third kappa shape index (κ3) is 3.15. The molecule has 0 heterocycles. The van der Waals surface area contributed by atoms with Gasteiger partial charge in [-0.15, -0.1) is 0 Å². The van der Waals surface area contributed by atoms with Crippen LogP contribution in [0.5, 0.6) is 5.75 Å². The second-order valence-corrected chi connectivity index (χ2v) is 5.83. The highest BCUT2D eigenvalue weighted by Crippen LogP contribution is 2.39. The van der Waals surface area contributed by atoms with E-state index in [1.54, 1.807) is 7.11 Å². The van der Waals surface area contributed by atoms with Crippen molar-refractivity contribution in [2.45, 2.75) is 45.1 Å². The standard InChI is InChI=1S/C17H27NO2/c1-4-10-18(11-5-2)13-17(19)9-8-14-6-7-15(20-3)12-16(14)17/h6-7,12,19H,4-5,8-11,13H2,1-3H3. The zero-order valence-electron chi connectivity index (χ0n) is 13.0. The number of nitrogens with zero attached hydrogens (tertiary/aromatic N) is 1. The van der Waals surface area contributed by atoms with Crippen LogP contribution >= 0.6 is 0 Å². The van der Waals surface area contributed by atoms with Gasteiger partial charge in [-0.1, -0.05) is 19.9 Å². The lowest BCUT2D eigenvalue weighted by Crippen LogP contribution is -2.40. The van der Waals surface area contributed by atoms with Gasteiger partial charge in [0.2, 0.25) is 0 Å². The molecule has 1 unspecified atom stereocenters. The molecule has 0 aromatic heterocycles. The van der Waals surface area contributed by atoms with Gasteiger partial charge in [0, 0.05) is 6.54 Å². The van der Waals surface area contributed by atoms with Gasteiger partial charge in [0.05, 0.1) is 7.11 Å². The van der Waals surface area contributed by atoms with Gasteiger partial charge in [0.25, 0.3) is 0 Å². The Labute approximate surface area is 122 Å². The molecule has 1 aliphatic carbocycles. The Hall–Kier alpha value is -1.06. The van der Waals surface area contributed by atoms with Crippen molar-refractivity contribution in [2.24, 2.45) is 0 Å². The van der Waals surface area contributed by atoms with Crippen molar-refractivity contribution in [3.63, 3.8) is 0 Å². The summed E-state index contributed by atoms with van der Waals surface area (Å²) in [6, 6.07) is 6.09. The number of rotatable bonds is 7. The van der Waals surface area contributed by atoms with Crippen molar-refractivity contribution in [1.29, 1.82) is 0 Å². The second kappa shape index (κ2) is 6.59. The molecule has 3 heteroatoms. The van der Waals surface area contributed by atoms with Crippen LogP contribution in [-0.4, -0.2) is 36.8 Å². The van der Waals surface area contributed by atoms with Gasteiger partial charge in [0.15, 0.2) is 0 Å². The van der Waals surface area contributed by atoms with Crippen molar-refractivity contribution in [2.75, 3.05) is 26.7 Å². The summed E-state index contributed by atoms with van der Waals surface area (Å²) in [6.45, 7) is 7.22. The molecule has 20 heavy (non-hydrogen) atoms. The largest absolute Gasteiger partial charge is 0.497 e. The zero-order valence-corrected chi connectivity index (χ0v) is 13.0. The van der Waals surface area contributed by atoms with Gasteiger partial charge < -0.3 is 14.7 Å². The quantitative estimate of drug-likeness (QED) is 0.831. The minimum atomic E-state index is -0.714. The third-order valence-electron chi connectivity index (χ3n) is 4.19. The highest BCUT2D eigenvalue weighted by atomic mass is 16.5. The Balaban J connectivity index is 2.20. The molecule has 2 rings (SSSR count). The molecule has 0 spiro atoms. The SMILES string of the molecule is CCCN(CCC)CC1(O)CCc2ccc(OC)cc21. The van der Waals surface area contributed by atoms with E-state index in [4.69, 9.17) is 4.74 Å². The normalized spacial score (nSPS) is 21.2. The average Bonchev–Trinajstić information content (AvgIpc) is 2.76. The number of methoxy groups -OCH3 is 1. The molecule has 0 aliphatic heterocycles. The van der Waals surface area contributed by atoms with Gasteiger partial charge in [0.1, 0.15) is 11.4 Å². The van der Waals surface area contributed by atoms with Gasteiger partial charge in [-0.05, 0) is 62.0 Å². The maximum Gasteiger partial charge on any atom is 0.119 e. The highest BCUT2D eigenvalue weighted by Gasteiger charge is 2.38. The van der Waals surface area contributed by atoms with E-state index in [1.807, 2.05) is 12.1 Å². The van der Waals surface area contributed by atoms with Crippen LogP contribution in [0.2, 0.25) is 0 Å². The first-order valence-corrected chi connectivity index (χ1v) is 7.75. The maximum absolute atomic E-state index is 11.1. The summed E-state index contributed by atoms with van der Waals surface area (Å²) < 4.78 is 5.31. The summed E-state index contributed by atoms with van der Waals surface area (Å²) in [5, 5.41) is 11.1. The van der Waals surface area contributed by atoms with E-state index in [0.717, 1.165) is 56.6 Å². The minimum Gasteiger partial charge on any atom is -0.497 e. The molecule has 3 nitrogen and oxygen atoms in total. The number of fused-ring (bicyclic) bond motifs is 1. The van der Waals surface area contributed by atoms with Crippen LogP contribution in [-0.2, 0) is 12.0 Å². The van der Waals surface area contributed by atoms with Crippen LogP contribution in [0.4, 0.5) is 0 Å². The Morgan fingerprint density at radius 1 is 1.25 bits per heavy atom. The van der Waals surface area contributed by atoms with Crippen LogP contribution < -0.4 is 4.74 Å². The van der Waals surface area contributed by atoms with Crippen molar-refractivity contribution in [1.82, 2.24) is 4.90 Å². The van der Waals surface area contributed by atoms with E-state index in [-0.39, 0.29) is 0 Å². The van der Waals surface area contributed by atoms with Gasteiger partial charge in [-0.3, -0.25) is 0 Å². The average molecular weight is 277 g/mol. The molecule has 112 valence electrons. The van der Waals surface area contributed by atoms with Crippen molar-refractivity contribution in [3.05, 3.63) is 29.3 Å². The molecule has 1 aromatic carbocycles. The summed E-state index contributed by atoms with van der Waals surface area (Å²) in [5.74, 6) is 0.835. The fourth-order valence-electron chi connectivity index (χ4n) is 3.25. The summed E-state index contributed by atoms with van der Waals surface area (Å²) >= 11 is 0. The number of hydrogen-bond donors (Lipinski definition) is 1. The van der Waals surface area contributed by atoms with Crippen LogP contribution in [0.3, 0.4) is 0 Å². The van der Waals surface area contributed by atoms with Gasteiger partial charge in [-0.2, -0.15) is 0 Å². The molecule has 0 fully saturated rings. The molecule has 0 saturated heterocycles. The molecule has 0 bridgehead atoms. The molecule has 1 N–H and O–H groups in total. The van der Waals surface area contributed by atoms with Crippen LogP contribution in [0, 0.1) is 0 Å². The molecular formula is C17H27NO2. The van der Waals surface area contributed by atoms with E-state index in [9.17, 15) is 5.11 Å². The lowest BCUT2D eigenvalue weighted by atomic mass is 9.95. The van der Waals surface area contributed by atoms with E-state index in [1.165, 1.54) is 5.56 Å². The number of aryl methyl sites for hydroxylation is 1. The Morgan fingerprint density at radius 2 is 1.95 bits per heavy atom. The summed E-state index contributed by atoms with van der Waals surface area (Å²) in [6.07, 6.45) is 4.03. The van der Waals surface area contributed by atoms with Crippen molar-refractivity contribution in [3.8, 4) is 5.75 Å². The molecule has 0 radical (unpaired) electrons. The lowest BCUT2D eigenvalue weighted by Gasteiger charge is -2.32. The molecule has 0 amide bonds. The summed E-state index contributed by atoms with van der Waals surface area (Å²) in [4.78, 5) is 2.38. The second-order valence-electron chi connectivity index (χ2n) is 5.83. The number of aliphatic hydroxyl groups is 1.